The predicted octanol–water partition coefficient (Wildman–Crippen LogP) is 3.39. The van der Waals surface area contributed by atoms with Crippen LogP contribution < -0.4 is 15.0 Å². The third-order valence-electron chi connectivity index (χ3n) is 7.97. The van der Waals surface area contributed by atoms with Gasteiger partial charge in [-0.05, 0) is 67.6 Å². The maximum atomic E-state index is 13.5. The van der Waals surface area contributed by atoms with Crippen LogP contribution in [-0.4, -0.2) is 54.4 Å². The number of rotatable bonds is 4. The van der Waals surface area contributed by atoms with Gasteiger partial charge in [0.2, 0.25) is 5.91 Å². The van der Waals surface area contributed by atoms with Crippen molar-refractivity contribution in [2.75, 3.05) is 31.8 Å². The van der Waals surface area contributed by atoms with Crippen LogP contribution in [0.5, 0.6) is 5.75 Å². The summed E-state index contributed by atoms with van der Waals surface area (Å²) in [5.41, 5.74) is 0.216. The molecule has 6 nitrogen and oxygen atoms in total. The number of nitrogens with one attached hydrogen (secondary N) is 1. The van der Waals surface area contributed by atoms with Crippen molar-refractivity contribution in [3.05, 3.63) is 59.9 Å². The number of benzene rings is 2. The Morgan fingerprint density at radius 1 is 1.03 bits per heavy atom. The van der Waals surface area contributed by atoms with E-state index in [2.05, 4.69) is 15.1 Å². The highest BCUT2D eigenvalue weighted by Gasteiger charge is 2.53. The van der Waals surface area contributed by atoms with E-state index < -0.39 is 11.1 Å². The number of anilines is 1. The molecule has 3 aliphatic rings. The Hall–Kier alpha value is -2.64. The first-order valence-corrected chi connectivity index (χ1v) is 11.9. The molecule has 2 aromatic carbocycles. The van der Waals surface area contributed by atoms with Crippen molar-refractivity contribution in [1.82, 2.24) is 10.2 Å². The maximum absolute atomic E-state index is 13.5. The fraction of sp³-hybridized carbons (Fsp3) is 0.500. The van der Waals surface area contributed by atoms with Crippen LogP contribution in [0.25, 0.3) is 0 Å². The molecule has 2 aromatic rings. The second kappa shape index (κ2) is 8.61. The molecule has 7 heteroatoms. The Kier molecular flexibility index (Phi) is 5.79. The number of carbonyl (C=O) groups is 1. The van der Waals surface area contributed by atoms with Crippen molar-refractivity contribution in [2.24, 2.45) is 0 Å². The third kappa shape index (κ3) is 3.77. The number of ether oxygens (including phenoxy) is 1. The van der Waals surface area contributed by atoms with Crippen molar-refractivity contribution in [3.8, 4) is 5.75 Å². The SMILES string of the molecule is COc1ccc(N2CNC(=O)C23CCN([C@@H]2CCCC[C@]2(O)c2ccc(F)cc2)CC3)cc1. The largest absolute Gasteiger partial charge is 0.497 e. The fourth-order valence-electron chi connectivity index (χ4n) is 6.09. The van der Waals surface area contributed by atoms with E-state index in [9.17, 15) is 14.3 Å². The lowest BCUT2D eigenvalue weighted by Crippen LogP contribution is -2.61. The lowest BCUT2D eigenvalue weighted by molar-refractivity contribution is -0.127. The summed E-state index contributed by atoms with van der Waals surface area (Å²) >= 11 is 0. The Morgan fingerprint density at radius 2 is 1.73 bits per heavy atom. The fourth-order valence-corrected chi connectivity index (χ4v) is 6.09. The minimum absolute atomic E-state index is 0.0343. The molecule has 176 valence electrons. The number of hydrogen-bond acceptors (Lipinski definition) is 5. The summed E-state index contributed by atoms with van der Waals surface area (Å²) in [5.74, 6) is 0.578. The molecule has 0 bridgehead atoms. The molecular weight excluding hydrogens is 421 g/mol. The molecule has 0 unspecified atom stereocenters. The van der Waals surface area contributed by atoms with E-state index in [1.54, 1.807) is 19.2 Å². The number of likely N-dealkylation sites (tertiary alicyclic amines) is 1. The number of amides is 1. The Labute approximate surface area is 194 Å². The Morgan fingerprint density at radius 3 is 2.39 bits per heavy atom. The smallest absolute Gasteiger partial charge is 0.247 e. The van der Waals surface area contributed by atoms with Crippen LogP contribution >= 0.6 is 0 Å². The molecule has 2 N–H and O–H groups in total. The minimum atomic E-state index is -0.996. The van der Waals surface area contributed by atoms with Crippen LogP contribution in [0.4, 0.5) is 10.1 Å². The highest BCUT2D eigenvalue weighted by Crippen LogP contribution is 2.43. The van der Waals surface area contributed by atoms with Crippen LogP contribution in [0.15, 0.2) is 48.5 Å². The van der Waals surface area contributed by atoms with Crippen LogP contribution in [0.1, 0.15) is 44.1 Å². The molecule has 2 aliphatic heterocycles. The number of aliphatic hydroxyl groups is 1. The second-order valence-electron chi connectivity index (χ2n) is 9.55. The lowest BCUT2D eigenvalue weighted by atomic mass is 9.73. The Bertz CT molecular complexity index is 989. The monoisotopic (exact) mass is 453 g/mol. The summed E-state index contributed by atoms with van der Waals surface area (Å²) in [7, 11) is 1.64. The summed E-state index contributed by atoms with van der Waals surface area (Å²) in [4.78, 5) is 17.6. The molecule has 1 aliphatic carbocycles. The predicted molar refractivity (Wildman–Crippen MR) is 125 cm³/mol. The van der Waals surface area contributed by atoms with Crippen molar-refractivity contribution in [3.63, 3.8) is 0 Å². The first kappa shape index (κ1) is 22.2. The van der Waals surface area contributed by atoms with Gasteiger partial charge in [-0.25, -0.2) is 4.39 Å². The summed E-state index contributed by atoms with van der Waals surface area (Å²) in [6, 6.07) is 14.1. The van der Waals surface area contributed by atoms with E-state index in [0.29, 0.717) is 25.9 Å². The molecule has 0 radical (unpaired) electrons. The van der Waals surface area contributed by atoms with Crippen LogP contribution in [0.3, 0.4) is 0 Å². The maximum Gasteiger partial charge on any atom is 0.247 e. The van der Waals surface area contributed by atoms with Crippen LogP contribution in [0.2, 0.25) is 0 Å². The molecule has 2 atom stereocenters. The van der Waals surface area contributed by atoms with Crippen molar-refractivity contribution >= 4 is 11.6 Å². The molecular formula is C26H32FN3O3. The average molecular weight is 454 g/mol. The summed E-state index contributed by atoms with van der Waals surface area (Å²) < 4.78 is 18.8. The first-order chi connectivity index (χ1) is 16.0. The molecule has 2 saturated heterocycles. The molecule has 2 heterocycles. The molecule has 1 amide bonds. The number of nitrogens with zero attached hydrogens (tertiary/aromatic N) is 2. The third-order valence-corrected chi connectivity index (χ3v) is 7.97. The van der Waals surface area contributed by atoms with Gasteiger partial charge >= 0.3 is 0 Å². The zero-order chi connectivity index (χ0) is 23.1. The Balaban J connectivity index is 1.36. The number of methoxy groups -OCH3 is 1. The van der Waals surface area contributed by atoms with Gasteiger partial charge in [0.15, 0.2) is 0 Å². The number of hydrogen-bond donors (Lipinski definition) is 2. The molecule has 1 spiro atoms. The molecule has 1 saturated carbocycles. The highest BCUT2D eigenvalue weighted by molar-refractivity contribution is 5.93. The van der Waals surface area contributed by atoms with Gasteiger partial charge in [0, 0.05) is 24.8 Å². The van der Waals surface area contributed by atoms with E-state index in [-0.39, 0.29) is 17.8 Å². The molecule has 5 rings (SSSR count). The van der Waals surface area contributed by atoms with E-state index in [4.69, 9.17) is 4.74 Å². The second-order valence-corrected chi connectivity index (χ2v) is 9.55. The van der Waals surface area contributed by atoms with E-state index >= 15 is 0 Å². The van der Waals surface area contributed by atoms with Gasteiger partial charge in [-0.2, -0.15) is 0 Å². The summed E-state index contributed by atoms with van der Waals surface area (Å²) in [6.45, 7) is 1.95. The number of carbonyl (C=O) groups excluding carboxylic acids is 1. The molecule has 3 fully saturated rings. The topological polar surface area (TPSA) is 65.0 Å². The molecule has 33 heavy (non-hydrogen) atoms. The van der Waals surface area contributed by atoms with Gasteiger partial charge in [0.25, 0.3) is 0 Å². The van der Waals surface area contributed by atoms with Crippen molar-refractivity contribution < 1.29 is 19.0 Å². The van der Waals surface area contributed by atoms with Gasteiger partial charge in [0.1, 0.15) is 22.7 Å². The number of piperidine rings is 1. The van der Waals surface area contributed by atoms with Gasteiger partial charge in [-0.15, -0.1) is 0 Å². The van der Waals surface area contributed by atoms with E-state index in [1.165, 1.54) is 12.1 Å². The zero-order valence-electron chi connectivity index (χ0n) is 19.1. The van der Waals surface area contributed by atoms with Crippen molar-refractivity contribution in [1.29, 1.82) is 0 Å². The van der Waals surface area contributed by atoms with Crippen molar-refractivity contribution in [2.45, 2.75) is 55.7 Å². The number of halogens is 1. The zero-order valence-corrected chi connectivity index (χ0v) is 19.1. The minimum Gasteiger partial charge on any atom is -0.497 e. The normalized spacial score (nSPS) is 27.5. The lowest BCUT2D eigenvalue weighted by Gasteiger charge is -2.51. The van der Waals surface area contributed by atoms with E-state index in [0.717, 1.165) is 49.4 Å². The van der Waals surface area contributed by atoms with Gasteiger partial charge in [-0.3, -0.25) is 9.69 Å². The van der Waals surface area contributed by atoms with Crippen LogP contribution in [0, 0.1) is 5.82 Å². The summed E-state index contributed by atoms with van der Waals surface area (Å²) in [5, 5.41) is 14.8. The summed E-state index contributed by atoms with van der Waals surface area (Å²) in [6.07, 6.45) is 4.98. The first-order valence-electron chi connectivity index (χ1n) is 11.9. The standard InChI is InChI=1S/C26H32FN3O3/c1-33-22-11-9-21(10-12-22)30-18-28-24(31)25(30)14-16-29(17-15-25)23-4-2-3-13-26(23,32)19-5-7-20(27)8-6-19/h5-12,23,32H,2-4,13-18H2,1H3,(H,28,31)/t23-,26+/m1/s1. The highest BCUT2D eigenvalue weighted by atomic mass is 19.1. The van der Waals surface area contributed by atoms with Crippen LogP contribution in [-0.2, 0) is 10.4 Å². The van der Waals surface area contributed by atoms with E-state index in [1.807, 2.05) is 24.3 Å². The van der Waals surface area contributed by atoms with Gasteiger partial charge < -0.3 is 20.1 Å². The molecule has 0 aromatic heterocycles. The average Bonchev–Trinajstić information content (AvgIpc) is 3.16. The van der Waals surface area contributed by atoms with Gasteiger partial charge in [0.05, 0.1) is 13.8 Å². The quantitative estimate of drug-likeness (QED) is 0.743. The van der Waals surface area contributed by atoms with Gasteiger partial charge in [-0.1, -0.05) is 25.0 Å².